The highest BCUT2D eigenvalue weighted by atomic mass is 14.9. The molecule has 4 nitrogen and oxygen atoms in total. The third kappa shape index (κ3) is 2.84. The van der Waals surface area contributed by atoms with E-state index in [2.05, 4.69) is 29.1 Å². The lowest BCUT2D eigenvalue weighted by molar-refractivity contribution is 0.580. The molecule has 66 valence electrons. The Morgan fingerprint density at radius 2 is 2.17 bits per heavy atom. The van der Waals surface area contributed by atoms with Gasteiger partial charge in [0.1, 0.15) is 5.82 Å². The van der Waals surface area contributed by atoms with E-state index in [1.54, 1.807) is 12.4 Å². The van der Waals surface area contributed by atoms with Gasteiger partial charge in [-0.2, -0.15) is 0 Å². The van der Waals surface area contributed by atoms with Gasteiger partial charge < -0.3 is 11.1 Å². The van der Waals surface area contributed by atoms with E-state index < -0.39 is 0 Å². The fraction of sp³-hybridized carbons (Fsp3) is 0.500. The summed E-state index contributed by atoms with van der Waals surface area (Å²) in [6.45, 7) is 4.92. The van der Waals surface area contributed by atoms with Crippen LogP contribution in [0.15, 0.2) is 12.4 Å². The average Bonchev–Trinajstić information content (AvgIpc) is 2.03. The Balaban J connectivity index is 2.48. The summed E-state index contributed by atoms with van der Waals surface area (Å²) < 4.78 is 0. The first-order valence-corrected chi connectivity index (χ1v) is 3.98. The van der Waals surface area contributed by atoms with Crippen LogP contribution in [0.2, 0.25) is 0 Å². The lowest BCUT2D eigenvalue weighted by Gasteiger charge is -2.06. The minimum absolute atomic E-state index is 0.461. The van der Waals surface area contributed by atoms with Crippen LogP contribution in [-0.4, -0.2) is 16.0 Å². The Morgan fingerprint density at radius 3 is 2.67 bits per heavy atom. The standard InChI is InChI=1S/C8H14N4/c1-6(2)10-3-7-4-12-8(9)5-11-7/h4-6,10H,3H2,1-2H3,(H2,9,12). The van der Waals surface area contributed by atoms with Crippen LogP contribution >= 0.6 is 0 Å². The van der Waals surface area contributed by atoms with Gasteiger partial charge in [0.15, 0.2) is 0 Å². The summed E-state index contributed by atoms with van der Waals surface area (Å²) in [6.07, 6.45) is 3.25. The second-order valence-corrected chi connectivity index (χ2v) is 2.97. The third-order valence-electron chi connectivity index (χ3n) is 1.42. The minimum Gasteiger partial charge on any atom is -0.382 e. The van der Waals surface area contributed by atoms with Gasteiger partial charge in [0.2, 0.25) is 0 Å². The first-order chi connectivity index (χ1) is 5.68. The van der Waals surface area contributed by atoms with Crippen molar-refractivity contribution in [3.63, 3.8) is 0 Å². The van der Waals surface area contributed by atoms with Crippen molar-refractivity contribution in [1.82, 2.24) is 15.3 Å². The van der Waals surface area contributed by atoms with E-state index >= 15 is 0 Å². The highest BCUT2D eigenvalue weighted by molar-refractivity contribution is 5.22. The van der Waals surface area contributed by atoms with E-state index in [0.29, 0.717) is 11.9 Å². The quantitative estimate of drug-likeness (QED) is 0.688. The van der Waals surface area contributed by atoms with E-state index in [0.717, 1.165) is 12.2 Å². The summed E-state index contributed by atoms with van der Waals surface area (Å²) in [5.74, 6) is 0.461. The number of aromatic nitrogens is 2. The number of hydrogen-bond acceptors (Lipinski definition) is 4. The van der Waals surface area contributed by atoms with Crippen molar-refractivity contribution < 1.29 is 0 Å². The van der Waals surface area contributed by atoms with Gasteiger partial charge in [-0.1, -0.05) is 13.8 Å². The molecule has 0 bridgehead atoms. The van der Waals surface area contributed by atoms with Gasteiger partial charge in [0.05, 0.1) is 18.1 Å². The second-order valence-electron chi connectivity index (χ2n) is 2.97. The van der Waals surface area contributed by atoms with Crippen molar-refractivity contribution in [2.45, 2.75) is 26.4 Å². The lowest BCUT2D eigenvalue weighted by Crippen LogP contribution is -2.22. The van der Waals surface area contributed by atoms with Crippen molar-refractivity contribution in [1.29, 1.82) is 0 Å². The number of rotatable bonds is 3. The highest BCUT2D eigenvalue weighted by Gasteiger charge is 1.96. The summed E-state index contributed by atoms with van der Waals surface area (Å²) in [7, 11) is 0. The molecule has 3 N–H and O–H groups in total. The van der Waals surface area contributed by atoms with Crippen molar-refractivity contribution in [3.05, 3.63) is 18.1 Å². The van der Waals surface area contributed by atoms with Crippen molar-refractivity contribution >= 4 is 5.82 Å². The zero-order valence-corrected chi connectivity index (χ0v) is 7.41. The first kappa shape index (κ1) is 8.93. The molecule has 0 aromatic carbocycles. The van der Waals surface area contributed by atoms with Crippen molar-refractivity contribution in [3.8, 4) is 0 Å². The topological polar surface area (TPSA) is 63.8 Å². The van der Waals surface area contributed by atoms with E-state index in [9.17, 15) is 0 Å². The van der Waals surface area contributed by atoms with Crippen LogP contribution in [0.25, 0.3) is 0 Å². The number of nitrogen functional groups attached to an aromatic ring is 1. The molecule has 0 amide bonds. The molecule has 0 atom stereocenters. The molecule has 0 radical (unpaired) electrons. The molecule has 1 aromatic heterocycles. The number of nitrogens with zero attached hydrogens (tertiary/aromatic N) is 2. The Hall–Kier alpha value is -1.16. The molecule has 0 aliphatic rings. The maximum atomic E-state index is 5.39. The van der Waals surface area contributed by atoms with Crippen LogP contribution in [0, 0.1) is 0 Å². The summed E-state index contributed by atoms with van der Waals surface area (Å²) >= 11 is 0. The van der Waals surface area contributed by atoms with E-state index in [1.807, 2.05) is 0 Å². The predicted molar refractivity (Wildman–Crippen MR) is 48.4 cm³/mol. The Kier molecular flexibility index (Phi) is 2.99. The maximum absolute atomic E-state index is 5.39. The molecular weight excluding hydrogens is 152 g/mol. The predicted octanol–water partition coefficient (Wildman–Crippen LogP) is 0.557. The molecular formula is C8H14N4. The minimum atomic E-state index is 0.461. The van der Waals surface area contributed by atoms with Crippen LogP contribution in [0.3, 0.4) is 0 Å². The van der Waals surface area contributed by atoms with Crippen LogP contribution in [0.4, 0.5) is 5.82 Å². The number of nitrogens with two attached hydrogens (primary N) is 1. The molecule has 0 spiro atoms. The average molecular weight is 166 g/mol. The zero-order valence-electron chi connectivity index (χ0n) is 7.41. The number of nitrogens with one attached hydrogen (secondary N) is 1. The van der Waals surface area contributed by atoms with Gasteiger partial charge in [0, 0.05) is 12.6 Å². The van der Waals surface area contributed by atoms with Crippen molar-refractivity contribution in [2.24, 2.45) is 0 Å². The van der Waals surface area contributed by atoms with Crippen molar-refractivity contribution in [2.75, 3.05) is 5.73 Å². The molecule has 1 aromatic rings. The molecule has 12 heavy (non-hydrogen) atoms. The largest absolute Gasteiger partial charge is 0.382 e. The molecule has 1 heterocycles. The van der Waals surface area contributed by atoms with Gasteiger partial charge in [-0.3, -0.25) is 4.98 Å². The molecule has 1 rings (SSSR count). The fourth-order valence-corrected chi connectivity index (χ4v) is 0.765. The zero-order chi connectivity index (χ0) is 8.97. The van der Waals surface area contributed by atoms with Crippen LogP contribution in [0.5, 0.6) is 0 Å². The molecule has 0 aliphatic heterocycles. The normalized spacial score (nSPS) is 10.6. The van der Waals surface area contributed by atoms with Gasteiger partial charge in [-0.15, -0.1) is 0 Å². The van der Waals surface area contributed by atoms with Crippen LogP contribution in [-0.2, 0) is 6.54 Å². The smallest absolute Gasteiger partial charge is 0.141 e. The summed E-state index contributed by atoms with van der Waals surface area (Å²) in [5, 5.41) is 3.24. The third-order valence-corrected chi connectivity index (χ3v) is 1.42. The Labute approximate surface area is 72.2 Å². The first-order valence-electron chi connectivity index (χ1n) is 3.98. The van der Waals surface area contributed by atoms with E-state index in [-0.39, 0.29) is 0 Å². The second kappa shape index (κ2) is 4.01. The molecule has 0 saturated carbocycles. The fourth-order valence-electron chi connectivity index (χ4n) is 0.765. The summed E-state index contributed by atoms with van der Waals surface area (Å²) in [4.78, 5) is 8.03. The van der Waals surface area contributed by atoms with Gasteiger partial charge in [-0.25, -0.2) is 4.98 Å². The molecule has 0 saturated heterocycles. The monoisotopic (exact) mass is 166 g/mol. The van der Waals surface area contributed by atoms with Gasteiger partial charge >= 0.3 is 0 Å². The number of anilines is 1. The number of hydrogen-bond donors (Lipinski definition) is 2. The molecule has 0 unspecified atom stereocenters. The summed E-state index contributed by atoms with van der Waals surface area (Å²) in [6, 6.07) is 0.462. The lowest BCUT2D eigenvalue weighted by atomic mass is 10.3. The SMILES string of the molecule is CC(C)NCc1cnc(N)cn1. The Morgan fingerprint density at radius 1 is 1.42 bits per heavy atom. The van der Waals surface area contributed by atoms with E-state index in [4.69, 9.17) is 5.73 Å². The van der Waals surface area contributed by atoms with Crippen LogP contribution < -0.4 is 11.1 Å². The van der Waals surface area contributed by atoms with Gasteiger partial charge in [-0.05, 0) is 0 Å². The van der Waals surface area contributed by atoms with Gasteiger partial charge in [0.25, 0.3) is 0 Å². The maximum Gasteiger partial charge on any atom is 0.141 e. The summed E-state index contributed by atoms with van der Waals surface area (Å²) in [5.41, 5.74) is 6.30. The highest BCUT2D eigenvalue weighted by Crippen LogP contribution is 1.95. The van der Waals surface area contributed by atoms with E-state index in [1.165, 1.54) is 0 Å². The Bertz CT molecular complexity index is 229. The molecule has 0 fully saturated rings. The molecule has 0 aliphatic carbocycles. The van der Waals surface area contributed by atoms with Crippen LogP contribution in [0.1, 0.15) is 19.5 Å². The molecule has 4 heteroatoms.